The molecule has 122 valence electrons. The minimum absolute atomic E-state index is 0.0473. The molecule has 0 aliphatic heterocycles. The van der Waals surface area contributed by atoms with Crippen molar-refractivity contribution in [3.8, 4) is 5.75 Å². The van der Waals surface area contributed by atoms with Crippen molar-refractivity contribution in [2.24, 2.45) is 0 Å². The molecule has 1 aromatic heterocycles. The fourth-order valence-electron chi connectivity index (χ4n) is 1.84. The van der Waals surface area contributed by atoms with Gasteiger partial charge in [-0.25, -0.2) is 9.59 Å². The van der Waals surface area contributed by atoms with Gasteiger partial charge in [0, 0.05) is 20.4 Å². The van der Waals surface area contributed by atoms with Crippen molar-refractivity contribution < 1.29 is 33.6 Å². The van der Waals surface area contributed by atoms with Crippen LogP contribution in [0.1, 0.15) is 20.8 Å². The Morgan fingerprint density at radius 3 is 2.23 bits per heavy atom. The van der Waals surface area contributed by atoms with Crippen molar-refractivity contribution in [3.63, 3.8) is 0 Å². The Labute approximate surface area is 126 Å². The molecule has 0 fully saturated rings. The number of carboxylic acid groups (broad SMARTS) is 1. The van der Waals surface area contributed by atoms with E-state index in [4.69, 9.17) is 19.3 Å². The molecule has 0 aliphatic rings. The van der Waals surface area contributed by atoms with Crippen molar-refractivity contribution in [1.82, 2.24) is 4.57 Å². The van der Waals surface area contributed by atoms with E-state index in [9.17, 15) is 14.4 Å². The molecule has 9 heteroatoms. The highest BCUT2D eigenvalue weighted by Crippen LogP contribution is 2.17. The van der Waals surface area contributed by atoms with Gasteiger partial charge >= 0.3 is 11.9 Å². The standard InChI is InChI=1S/C13H17NO8/c1-19-8(20-2)6-14-5-7(12(16)17)10(15)11(21-3)9(14)13(18)22-4/h5,8H,6H2,1-4H3,(H,16,17). The van der Waals surface area contributed by atoms with Gasteiger partial charge in [-0.15, -0.1) is 0 Å². The van der Waals surface area contributed by atoms with Gasteiger partial charge in [0.05, 0.1) is 20.8 Å². The van der Waals surface area contributed by atoms with Gasteiger partial charge in [0.15, 0.2) is 17.7 Å². The number of aromatic carboxylic acids is 1. The lowest BCUT2D eigenvalue weighted by Crippen LogP contribution is -2.30. The van der Waals surface area contributed by atoms with Gasteiger partial charge in [-0.3, -0.25) is 4.79 Å². The zero-order chi connectivity index (χ0) is 16.9. The van der Waals surface area contributed by atoms with Gasteiger partial charge in [0.2, 0.25) is 5.43 Å². The van der Waals surface area contributed by atoms with Crippen LogP contribution in [0.3, 0.4) is 0 Å². The van der Waals surface area contributed by atoms with Crippen molar-refractivity contribution in [3.05, 3.63) is 27.7 Å². The number of methoxy groups -OCH3 is 4. The summed E-state index contributed by atoms with van der Waals surface area (Å²) in [6.45, 7) is -0.0473. The van der Waals surface area contributed by atoms with Crippen LogP contribution in [0.15, 0.2) is 11.0 Å². The average molecular weight is 315 g/mol. The van der Waals surface area contributed by atoms with Gasteiger partial charge in [0.1, 0.15) is 5.56 Å². The van der Waals surface area contributed by atoms with E-state index in [0.717, 1.165) is 20.4 Å². The number of nitrogens with zero attached hydrogens (tertiary/aromatic N) is 1. The highest BCUT2D eigenvalue weighted by molar-refractivity contribution is 5.93. The second-order valence-electron chi connectivity index (χ2n) is 4.10. The summed E-state index contributed by atoms with van der Waals surface area (Å²) in [4.78, 5) is 35.2. The zero-order valence-electron chi connectivity index (χ0n) is 12.6. The van der Waals surface area contributed by atoms with Crippen LogP contribution in [0.4, 0.5) is 0 Å². The van der Waals surface area contributed by atoms with Crippen LogP contribution in [-0.2, 0) is 20.8 Å². The van der Waals surface area contributed by atoms with Gasteiger partial charge in [0.25, 0.3) is 0 Å². The fourth-order valence-corrected chi connectivity index (χ4v) is 1.84. The number of hydrogen-bond acceptors (Lipinski definition) is 7. The van der Waals surface area contributed by atoms with Crippen LogP contribution in [0.25, 0.3) is 0 Å². The molecule has 22 heavy (non-hydrogen) atoms. The largest absolute Gasteiger partial charge is 0.491 e. The number of carboxylic acids is 1. The summed E-state index contributed by atoms with van der Waals surface area (Å²) in [5.41, 5.74) is -1.69. The fraction of sp³-hybridized carbons (Fsp3) is 0.462. The number of carbonyl (C=O) groups excluding carboxylic acids is 1. The number of aromatic nitrogens is 1. The lowest BCUT2D eigenvalue weighted by molar-refractivity contribution is -0.111. The van der Waals surface area contributed by atoms with Crippen molar-refractivity contribution in [2.45, 2.75) is 12.8 Å². The molecule has 0 aromatic carbocycles. The van der Waals surface area contributed by atoms with E-state index in [-0.39, 0.29) is 12.2 Å². The molecule has 0 radical (unpaired) electrons. The third-order valence-electron chi connectivity index (χ3n) is 2.92. The summed E-state index contributed by atoms with van der Waals surface area (Å²) in [6.07, 6.45) is 0.252. The Bertz CT molecular complexity index is 617. The highest BCUT2D eigenvalue weighted by atomic mass is 16.7. The van der Waals surface area contributed by atoms with E-state index in [1.54, 1.807) is 0 Å². The SMILES string of the molecule is COC(=O)c1c(OC)c(=O)c(C(=O)O)cn1CC(OC)OC. The van der Waals surface area contributed by atoms with Crippen molar-refractivity contribution in [1.29, 1.82) is 0 Å². The Kier molecular flexibility index (Phi) is 6.08. The third-order valence-corrected chi connectivity index (χ3v) is 2.92. The molecule has 0 spiro atoms. The molecule has 0 bridgehead atoms. The summed E-state index contributed by atoms with van der Waals surface area (Å²) in [5, 5.41) is 9.10. The molecule has 1 heterocycles. The summed E-state index contributed by atoms with van der Waals surface area (Å²) in [7, 11) is 5.04. The van der Waals surface area contributed by atoms with Crippen LogP contribution in [0.5, 0.6) is 5.75 Å². The predicted molar refractivity (Wildman–Crippen MR) is 73.4 cm³/mol. The number of pyridine rings is 1. The van der Waals surface area contributed by atoms with Crippen LogP contribution in [0.2, 0.25) is 0 Å². The Morgan fingerprint density at radius 2 is 1.82 bits per heavy atom. The maximum Gasteiger partial charge on any atom is 0.358 e. The lowest BCUT2D eigenvalue weighted by Gasteiger charge is -2.20. The quantitative estimate of drug-likeness (QED) is 0.551. The first-order valence-corrected chi connectivity index (χ1v) is 6.09. The van der Waals surface area contributed by atoms with Crippen LogP contribution in [-0.4, -0.2) is 56.3 Å². The molecular formula is C13H17NO8. The molecule has 0 saturated heterocycles. The Morgan fingerprint density at radius 1 is 1.23 bits per heavy atom. The lowest BCUT2D eigenvalue weighted by atomic mass is 10.2. The smallest absolute Gasteiger partial charge is 0.358 e. The first-order chi connectivity index (χ1) is 10.4. The molecule has 1 N–H and O–H groups in total. The van der Waals surface area contributed by atoms with Crippen molar-refractivity contribution in [2.75, 3.05) is 28.4 Å². The van der Waals surface area contributed by atoms with Gasteiger partial charge in [-0.05, 0) is 0 Å². The van der Waals surface area contributed by atoms with Gasteiger partial charge in [-0.2, -0.15) is 0 Å². The Balaban J connectivity index is 3.62. The minimum atomic E-state index is -1.44. The van der Waals surface area contributed by atoms with E-state index in [0.29, 0.717) is 0 Å². The van der Waals surface area contributed by atoms with Crippen LogP contribution < -0.4 is 10.2 Å². The molecule has 0 aliphatic carbocycles. The average Bonchev–Trinajstić information content (AvgIpc) is 2.51. The third kappa shape index (κ3) is 3.43. The van der Waals surface area contributed by atoms with Crippen molar-refractivity contribution >= 4 is 11.9 Å². The van der Waals surface area contributed by atoms with E-state index in [1.807, 2.05) is 0 Å². The Hall–Kier alpha value is -2.39. The molecular weight excluding hydrogens is 298 g/mol. The van der Waals surface area contributed by atoms with Crippen LogP contribution >= 0.6 is 0 Å². The normalized spacial score (nSPS) is 10.6. The topological polar surface area (TPSA) is 113 Å². The maximum absolute atomic E-state index is 12.1. The summed E-state index contributed by atoms with van der Waals surface area (Å²) >= 11 is 0. The molecule has 0 amide bonds. The number of hydrogen-bond donors (Lipinski definition) is 1. The monoisotopic (exact) mass is 315 g/mol. The highest BCUT2D eigenvalue weighted by Gasteiger charge is 2.26. The second-order valence-corrected chi connectivity index (χ2v) is 4.10. The molecule has 1 aromatic rings. The van der Waals surface area contributed by atoms with Crippen LogP contribution in [0, 0.1) is 0 Å². The summed E-state index contributed by atoms with van der Waals surface area (Å²) in [6, 6.07) is 0. The zero-order valence-corrected chi connectivity index (χ0v) is 12.6. The number of esters is 1. The molecule has 0 unspecified atom stereocenters. The maximum atomic E-state index is 12.1. The van der Waals surface area contributed by atoms with E-state index in [2.05, 4.69) is 4.74 Å². The van der Waals surface area contributed by atoms with Gasteiger partial charge < -0.3 is 28.6 Å². The molecule has 9 nitrogen and oxygen atoms in total. The first-order valence-electron chi connectivity index (χ1n) is 6.09. The van der Waals surface area contributed by atoms with E-state index >= 15 is 0 Å². The predicted octanol–water partition coefficient (Wildman–Crippen LogP) is -0.0394. The minimum Gasteiger partial charge on any atom is -0.491 e. The number of rotatable bonds is 7. The number of carbonyl (C=O) groups is 2. The summed E-state index contributed by atoms with van der Waals surface area (Å²) in [5.74, 6) is -2.71. The molecule has 0 atom stereocenters. The van der Waals surface area contributed by atoms with Gasteiger partial charge in [-0.1, -0.05) is 0 Å². The van der Waals surface area contributed by atoms with E-state index < -0.39 is 35.0 Å². The first kappa shape index (κ1) is 17.7. The number of ether oxygens (including phenoxy) is 4. The second kappa shape index (κ2) is 7.57. The molecule has 0 saturated carbocycles. The van der Waals surface area contributed by atoms with E-state index in [1.165, 1.54) is 18.8 Å². The summed E-state index contributed by atoms with van der Waals surface area (Å²) < 4.78 is 20.7. The molecule has 1 rings (SSSR count).